The van der Waals surface area contributed by atoms with Gasteiger partial charge in [-0.05, 0) is 37.6 Å². The predicted octanol–water partition coefficient (Wildman–Crippen LogP) is 0.680. The third-order valence-corrected chi connectivity index (χ3v) is 5.01. The lowest BCUT2D eigenvalue weighted by molar-refractivity contribution is 0.369. The van der Waals surface area contributed by atoms with Crippen molar-refractivity contribution in [3.63, 3.8) is 0 Å². The van der Waals surface area contributed by atoms with E-state index in [0.717, 1.165) is 19.3 Å². The fraction of sp³-hybridized carbons (Fsp3) is 1.00. The fourth-order valence-electron chi connectivity index (χ4n) is 2.27. The van der Waals surface area contributed by atoms with E-state index in [1.54, 1.807) is 7.05 Å². The lowest BCUT2D eigenvalue weighted by Crippen LogP contribution is -2.43. The second-order valence-corrected chi connectivity index (χ2v) is 7.50. The topological polar surface area (TPSA) is 75.4 Å². The van der Waals surface area contributed by atoms with E-state index in [2.05, 4.69) is 18.6 Å². The molecule has 0 aromatic carbocycles. The first-order valence-corrected chi connectivity index (χ1v) is 7.64. The summed E-state index contributed by atoms with van der Waals surface area (Å²) in [5.41, 5.74) is 5.63. The molecule has 0 radical (unpaired) electrons. The van der Waals surface area contributed by atoms with E-state index in [9.17, 15) is 8.42 Å². The van der Waals surface area contributed by atoms with E-state index in [-0.39, 0.29) is 11.5 Å². The maximum atomic E-state index is 12.0. The SMILES string of the molecule is CN(CCCN)S(=O)(=O)NC1CCC(C)(C)C1. The Morgan fingerprint density at radius 3 is 2.59 bits per heavy atom. The van der Waals surface area contributed by atoms with E-state index in [0.29, 0.717) is 19.5 Å². The molecule has 3 N–H and O–H groups in total. The molecule has 1 atom stereocenters. The molecule has 1 fully saturated rings. The van der Waals surface area contributed by atoms with Gasteiger partial charge in [0.05, 0.1) is 0 Å². The largest absolute Gasteiger partial charge is 0.330 e. The lowest BCUT2D eigenvalue weighted by atomic mass is 9.92. The smallest absolute Gasteiger partial charge is 0.279 e. The highest BCUT2D eigenvalue weighted by Crippen LogP contribution is 2.37. The molecule has 1 aliphatic carbocycles. The highest BCUT2D eigenvalue weighted by Gasteiger charge is 2.33. The van der Waals surface area contributed by atoms with Crippen LogP contribution in [0.3, 0.4) is 0 Å². The van der Waals surface area contributed by atoms with Gasteiger partial charge in [-0.3, -0.25) is 0 Å². The Kier molecular flexibility index (Phi) is 4.95. The molecule has 1 rings (SSSR count). The first-order valence-electron chi connectivity index (χ1n) is 6.20. The normalized spacial score (nSPS) is 24.4. The van der Waals surface area contributed by atoms with E-state index in [1.807, 2.05) is 0 Å². The van der Waals surface area contributed by atoms with Crippen LogP contribution >= 0.6 is 0 Å². The first kappa shape index (κ1) is 14.9. The van der Waals surface area contributed by atoms with Crippen molar-refractivity contribution in [2.24, 2.45) is 11.1 Å². The Morgan fingerprint density at radius 2 is 2.12 bits per heavy atom. The molecule has 102 valence electrons. The van der Waals surface area contributed by atoms with Gasteiger partial charge in [-0.2, -0.15) is 17.4 Å². The van der Waals surface area contributed by atoms with Crippen molar-refractivity contribution in [1.82, 2.24) is 9.03 Å². The minimum atomic E-state index is -3.34. The lowest BCUT2D eigenvalue weighted by Gasteiger charge is -2.22. The van der Waals surface area contributed by atoms with Crippen molar-refractivity contribution in [2.75, 3.05) is 20.1 Å². The van der Waals surface area contributed by atoms with Gasteiger partial charge < -0.3 is 5.73 Å². The Balaban J connectivity index is 2.50. The van der Waals surface area contributed by atoms with E-state index < -0.39 is 10.2 Å². The summed E-state index contributed by atoms with van der Waals surface area (Å²) in [7, 11) is -1.74. The van der Waals surface area contributed by atoms with Gasteiger partial charge in [-0.25, -0.2) is 0 Å². The zero-order valence-electron chi connectivity index (χ0n) is 11.1. The molecule has 5 nitrogen and oxygen atoms in total. The molecule has 6 heteroatoms. The van der Waals surface area contributed by atoms with Crippen LogP contribution in [0.15, 0.2) is 0 Å². The van der Waals surface area contributed by atoms with Crippen LogP contribution in [0.1, 0.15) is 39.5 Å². The number of nitrogens with two attached hydrogens (primary N) is 1. The molecule has 0 spiro atoms. The van der Waals surface area contributed by atoms with E-state index in [4.69, 9.17) is 5.73 Å². The fourth-order valence-corrected chi connectivity index (χ4v) is 3.44. The Morgan fingerprint density at radius 1 is 1.47 bits per heavy atom. The van der Waals surface area contributed by atoms with Gasteiger partial charge in [0.25, 0.3) is 10.2 Å². The van der Waals surface area contributed by atoms with Crippen molar-refractivity contribution in [3.8, 4) is 0 Å². The number of nitrogens with one attached hydrogen (secondary N) is 1. The first-order chi connectivity index (χ1) is 7.77. The minimum absolute atomic E-state index is 0.0790. The van der Waals surface area contributed by atoms with Crippen LogP contribution in [-0.4, -0.2) is 38.9 Å². The van der Waals surface area contributed by atoms with Crippen LogP contribution < -0.4 is 10.5 Å². The summed E-state index contributed by atoms with van der Waals surface area (Å²) < 4.78 is 28.1. The highest BCUT2D eigenvalue weighted by atomic mass is 32.2. The zero-order valence-corrected chi connectivity index (χ0v) is 11.9. The summed E-state index contributed by atoms with van der Waals surface area (Å²) in [6.07, 6.45) is 3.61. The summed E-state index contributed by atoms with van der Waals surface area (Å²) in [5, 5.41) is 0. The summed E-state index contributed by atoms with van der Waals surface area (Å²) in [5.74, 6) is 0. The van der Waals surface area contributed by atoms with E-state index >= 15 is 0 Å². The minimum Gasteiger partial charge on any atom is -0.330 e. The standard InChI is InChI=1S/C11H25N3O2S/c1-11(2)6-5-10(9-11)13-17(15,16)14(3)8-4-7-12/h10,13H,4-9,12H2,1-3H3. The Hall–Kier alpha value is -0.170. The van der Waals surface area contributed by atoms with Gasteiger partial charge in [0, 0.05) is 19.6 Å². The van der Waals surface area contributed by atoms with Gasteiger partial charge in [0.2, 0.25) is 0 Å². The summed E-state index contributed by atoms with van der Waals surface area (Å²) in [6, 6.07) is 0.0790. The molecule has 1 saturated carbocycles. The van der Waals surface area contributed by atoms with Gasteiger partial charge in [-0.1, -0.05) is 13.8 Å². The van der Waals surface area contributed by atoms with Gasteiger partial charge in [0.15, 0.2) is 0 Å². The molecular formula is C11H25N3O2S. The van der Waals surface area contributed by atoms with Crippen molar-refractivity contribution in [3.05, 3.63) is 0 Å². The molecule has 1 aliphatic rings. The van der Waals surface area contributed by atoms with Crippen LogP contribution in [0.2, 0.25) is 0 Å². The highest BCUT2D eigenvalue weighted by molar-refractivity contribution is 7.87. The van der Waals surface area contributed by atoms with Crippen molar-refractivity contribution < 1.29 is 8.42 Å². The van der Waals surface area contributed by atoms with Crippen LogP contribution in [-0.2, 0) is 10.2 Å². The van der Waals surface area contributed by atoms with Crippen molar-refractivity contribution >= 4 is 10.2 Å². The molecule has 0 aromatic heterocycles. The molecule has 0 amide bonds. The molecule has 1 unspecified atom stereocenters. The quantitative estimate of drug-likeness (QED) is 0.740. The summed E-state index contributed by atoms with van der Waals surface area (Å²) in [6.45, 7) is 5.34. The number of nitrogens with zero attached hydrogens (tertiary/aromatic N) is 1. The van der Waals surface area contributed by atoms with Gasteiger partial charge in [0.1, 0.15) is 0 Å². The van der Waals surface area contributed by atoms with Crippen LogP contribution in [0.5, 0.6) is 0 Å². The summed E-state index contributed by atoms with van der Waals surface area (Å²) >= 11 is 0. The second kappa shape index (κ2) is 5.65. The average molecular weight is 263 g/mol. The van der Waals surface area contributed by atoms with Crippen LogP contribution in [0.4, 0.5) is 0 Å². The maximum absolute atomic E-state index is 12.0. The maximum Gasteiger partial charge on any atom is 0.279 e. The number of hydrogen-bond donors (Lipinski definition) is 2. The Bertz CT molecular complexity index is 341. The molecule has 0 bridgehead atoms. The molecule has 17 heavy (non-hydrogen) atoms. The third-order valence-electron chi connectivity index (χ3n) is 3.37. The monoisotopic (exact) mass is 263 g/mol. The van der Waals surface area contributed by atoms with Crippen molar-refractivity contribution in [2.45, 2.75) is 45.6 Å². The predicted molar refractivity (Wildman–Crippen MR) is 69.8 cm³/mol. The number of rotatable bonds is 6. The molecular weight excluding hydrogens is 238 g/mol. The zero-order chi connectivity index (χ0) is 13.1. The molecule has 0 saturated heterocycles. The van der Waals surface area contributed by atoms with Crippen LogP contribution in [0, 0.1) is 5.41 Å². The van der Waals surface area contributed by atoms with Crippen LogP contribution in [0.25, 0.3) is 0 Å². The Labute approximate surface area is 105 Å². The number of hydrogen-bond acceptors (Lipinski definition) is 3. The summed E-state index contributed by atoms with van der Waals surface area (Å²) in [4.78, 5) is 0. The van der Waals surface area contributed by atoms with Gasteiger partial charge in [-0.15, -0.1) is 0 Å². The third kappa shape index (κ3) is 4.54. The van der Waals surface area contributed by atoms with E-state index in [1.165, 1.54) is 4.31 Å². The molecule has 0 heterocycles. The van der Waals surface area contributed by atoms with Gasteiger partial charge >= 0.3 is 0 Å². The average Bonchev–Trinajstić information content (AvgIpc) is 2.53. The second-order valence-electron chi connectivity index (χ2n) is 5.69. The molecule has 0 aromatic rings. The van der Waals surface area contributed by atoms with Crippen molar-refractivity contribution in [1.29, 1.82) is 0 Å². The molecule has 0 aliphatic heterocycles.